The number of aromatic nitrogens is 1. The largest absolute Gasteiger partial charge is 0.493 e. The molecule has 0 spiro atoms. The predicted molar refractivity (Wildman–Crippen MR) is 139 cm³/mol. The van der Waals surface area contributed by atoms with E-state index in [0.29, 0.717) is 36.5 Å². The zero-order valence-corrected chi connectivity index (χ0v) is 20.9. The third-order valence-electron chi connectivity index (χ3n) is 6.12. The topological polar surface area (TPSA) is 128 Å². The molecule has 0 aliphatic heterocycles. The number of nitriles is 1. The second-order valence-corrected chi connectivity index (χ2v) is 8.90. The van der Waals surface area contributed by atoms with Crippen LogP contribution in [0.5, 0.6) is 11.5 Å². The molecule has 0 aliphatic rings. The first kappa shape index (κ1) is 26.9. The van der Waals surface area contributed by atoms with Gasteiger partial charge in [-0.1, -0.05) is 32.3 Å². The summed E-state index contributed by atoms with van der Waals surface area (Å²) in [7, 11) is 0. The summed E-state index contributed by atoms with van der Waals surface area (Å²) in [4.78, 5) is 23.2. The van der Waals surface area contributed by atoms with Gasteiger partial charge in [0.1, 0.15) is 11.5 Å². The van der Waals surface area contributed by atoms with Crippen LogP contribution in [0.3, 0.4) is 0 Å². The first-order chi connectivity index (χ1) is 17.5. The lowest BCUT2D eigenvalue weighted by atomic mass is 10.1. The molecule has 0 saturated heterocycles. The number of fused-ring (bicyclic) bond motifs is 3. The molecule has 0 unspecified atom stereocenters. The van der Waals surface area contributed by atoms with E-state index in [0.717, 1.165) is 66.9 Å². The van der Waals surface area contributed by atoms with E-state index in [4.69, 9.17) is 25.6 Å². The maximum Gasteiger partial charge on any atom is 0.303 e. The van der Waals surface area contributed by atoms with Crippen molar-refractivity contribution in [2.45, 2.75) is 71.3 Å². The number of unbranched alkanes of at least 4 members (excludes halogenated alkanes) is 5. The smallest absolute Gasteiger partial charge is 0.303 e. The van der Waals surface area contributed by atoms with Gasteiger partial charge in [0.05, 0.1) is 30.3 Å². The molecule has 1 aromatic heterocycles. The van der Waals surface area contributed by atoms with Gasteiger partial charge in [0.15, 0.2) is 0 Å². The Labute approximate surface area is 211 Å². The van der Waals surface area contributed by atoms with Gasteiger partial charge in [-0.15, -0.1) is 0 Å². The molecule has 0 aliphatic carbocycles. The number of carboxylic acids is 1. The molecule has 1 heterocycles. The summed E-state index contributed by atoms with van der Waals surface area (Å²) in [5.74, 6) is -0.126. The van der Waals surface area contributed by atoms with Gasteiger partial charge in [0.2, 0.25) is 5.91 Å². The Morgan fingerprint density at radius 3 is 2.56 bits per heavy atom. The van der Waals surface area contributed by atoms with Crippen molar-refractivity contribution in [2.24, 2.45) is 5.73 Å². The van der Waals surface area contributed by atoms with Crippen LogP contribution in [0, 0.1) is 11.3 Å². The summed E-state index contributed by atoms with van der Waals surface area (Å²) >= 11 is 0. The fourth-order valence-corrected chi connectivity index (χ4v) is 4.48. The van der Waals surface area contributed by atoms with Crippen molar-refractivity contribution in [3.05, 3.63) is 35.9 Å². The Bertz CT molecular complexity index is 1240. The van der Waals surface area contributed by atoms with Crippen LogP contribution in [-0.2, 0) is 11.3 Å². The molecule has 8 nitrogen and oxygen atoms in total. The number of carbonyl (C=O) groups excluding carboxylic acids is 1. The monoisotopic (exact) mass is 493 g/mol. The number of carboxylic acid groups (broad SMARTS) is 1. The summed E-state index contributed by atoms with van der Waals surface area (Å²) in [6.07, 6.45) is 6.88. The van der Waals surface area contributed by atoms with Crippen LogP contribution < -0.4 is 15.2 Å². The van der Waals surface area contributed by atoms with E-state index in [-0.39, 0.29) is 13.0 Å². The van der Waals surface area contributed by atoms with Gasteiger partial charge in [-0.25, -0.2) is 0 Å². The van der Waals surface area contributed by atoms with Gasteiger partial charge in [-0.05, 0) is 43.9 Å². The Kier molecular flexibility index (Phi) is 9.99. The zero-order chi connectivity index (χ0) is 25.9. The van der Waals surface area contributed by atoms with E-state index in [2.05, 4.69) is 10.6 Å². The molecule has 2 aromatic carbocycles. The minimum atomic E-state index is -0.861. The second-order valence-electron chi connectivity index (χ2n) is 8.90. The number of rotatable bonds is 16. The van der Waals surface area contributed by atoms with Crippen LogP contribution in [0.2, 0.25) is 0 Å². The minimum absolute atomic E-state index is 0.0308. The Hall–Kier alpha value is -3.73. The lowest BCUT2D eigenvalue weighted by molar-refractivity contribution is -0.137. The molecule has 0 saturated carbocycles. The number of aliphatic carboxylic acids is 1. The highest BCUT2D eigenvalue weighted by Crippen LogP contribution is 2.40. The third-order valence-corrected chi connectivity index (χ3v) is 6.12. The molecule has 0 radical (unpaired) electrons. The van der Waals surface area contributed by atoms with E-state index in [9.17, 15) is 9.59 Å². The summed E-state index contributed by atoms with van der Waals surface area (Å²) in [6, 6.07) is 11.5. The van der Waals surface area contributed by atoms with Crippen LogP contribution in [-0.4, -0.2) is 34.8 Å². The fraction of sp³-hybridized carbons (Fsp3) is 0.464. The van der Waals surface area contributed by atoms with Crippen LogP contribution in [0.15, 0.2) is 30.3 Å². The molecule has 0 fully saturated rings. The standard InChI is InChI=1S/C28H35N3O5/c1-2-16-36-24-19-20(35-17-10-13-25(32)33)18-22-26-21(28(30)34)11-9-12-23(26)31(27(22)24)15-8-6-4-3-5-7-14-29/h9,11-12,18-19H,2-8,10,13,15-17H2,1H3,(H2,30,34)(H,32,33). The van der Waals surface area contributed by atoms with E-state index >= 15 is 0 Å². The highest BCUT2D eigenvalue weighted by atomic mass is 16.5. The first-order valence-electron chi connectivity index (χ1n) is 12.7. The average molecular weight is 494 g/mol. The molecule has 8 heteroatoms. The molecule has 3 aromatic rings. The second kappa shape index (κ2) is 13.4. The minimum Gasteiger partial charge on any atom is -0.493 e. The van der Waals surface area contributed by atoms with Gasteiger partial charge in [0, 0.05) is 41.8 Å². The number of hydrogen-bond acceptors (Lipinski definition) is 5. The molecule has 0 atom stereocenters. The number of amides is 1. The highest BCUT2D eigenvalue weighted by Gasteiger charge is 2.21. The molecule has 3 rings (SSSR count). The SMILES string of the molecule is CCCOc1cc(OCCCC(=O)O)cc2c3c(C(N)=O)cccc3n(CCCCCCCC#N)c12. The van der Waals surface area contributed by atoms with Crippen LogP contribution in [0.1, 0.15) is 75.1 Å². The Balaban J connectivity index is 2.02. The van der Waals surface area contributed by atoms with Gasteiger partial charge >= 0.3 is 5.97 Å². The average Bonchev–Trinajstić information content (AvgIpc) is 3.18. The Morgan fingerprint density at radius 2 is 1.83 bits per heavy atom. The number of nitrogens with two attached hydrogens (primary N) is 1. The Morgan fingerprint density at radius 1 is 1.06 bits per heavy atom. The normalized spacial score (nSPS) is 11.0. The number of hydrogen-bond donors (Lipinski definition) is 2. The fourth-order valence-electron chi connectivity index (χ4n) is 4.48. The number of primary amides is 1. The molecule has 0 bridgehead atoms. The maximum absolute atomic E-state index is 12.3. The van der Waals surface area contributed by atoms with Crippen molar-refractivity contribution in [3.8, 4) is 17.6 Å². The molecule has 1 amide bonds. The number of benzene rings is 2. The van der Waals surface area contributed by atoms with Crippen molar-refractivity contribution < 1.29 is 24.2 Å². The van der Waals surface area contributed by atoms with Crippen molar-refractivity contribution in [2.75, 3.05) is 13.2 Å². The van der Waals surface area contributed by atoms with E-state index in [1.54, 1.807) is 6.07 Å². The van der Waals surface area contributed by atoms with Gasteiger partial charge in [-0.3, -0.25) is 9.59 Å². The lowest BCUT2D eigenvalue weighted by Crippen LogP contribution is -2.11. The van der Waals surface area contributed by atoms with E-state index in [1.165, 1.54) is 0 Å². The van der Waals surface area contributed by atoms with Crippen molar-refractivity contribution >= 4 is 33.7 Å². The number of carbonyl (C=O) groups is 2. The molecule has 192 valence electrons. The van der Waals surface area contributed by atoms with Gasteiger partial charge in [-0.2, -0.15) is 5.26 Å². The van der Waals surface area contributed by atoms with Crippen molar-refractivity contribution in [1.82, 2.24) is 4.57 Å². The quantitative estimate of drug-likeness (QED) is 0.243. The summed E-state index contributed by atoms with van der Waals surface area (Å²) in [5.41, 5.74) is 8.01. The summed E-state index contributed by atoms with van der Waals surface area (Å²) in [6.45, 7) is 3.58. The van der Waals surface area contributed by atoms with Crippen LogP contribution >= 0.6 is 0 Å². The number of nitrogens with zero attached hydrogens (tertiary/aromatic N) is 2. The number of aryl methyl sites for hydroxylation is 1. The van der Waals surface area contributed by atoms with Gasteiger partial charge < -0.3 is 24.9 Å². The van der Waals surface area contributed by atoms with Crippen LogP contribution in [0.4, 0.5) is 0 Å². The van der Waals surface area contributed by atoms with Crippen molar-refractivity contribution in [1.29, 1.82) is 5.26 Å². The van der Waals surface area contributed by atoms with Crippen molar-refractivity contribution in [3.63, 3.8) is 0 Å². The van der Waals surface area contributed by atoms with Gasteiger partial charge in [0.25, 0.3) is 0 Å². The zero-order valence-electron chi connectivity index (χ0n) is 20.9. The highest BCUT2D eigenvalue weighted by molar-refractivity contribution is 6.19. The third kappa shape index (κ3) is 6.69. The predicted octanol–water partition coefficient (Wildman–Crippen LogP) is 5.79. The summed E-state index contributed by atoms with van der Waals surface area (Å²) in [5, 5.41) is 19.2. The van der Waals surface area contributed by atoms with E-state index < -0.39 is 11.9 Å². The van der Waals surface area contributed by atoms with Crippen LogP contribution in [0.25, 0.3) is 21.8 Å². The summed E-state index contributed by atoms with van der Waals surface area (Å²) < 4.78 is 14.3. The number of ether oxygens (including phenoxy) is 2. The molecular weight excluding hydrogens is 458 g/mol. The lowest BCUT2D eigenvalue weighted by Gasteiger charge is -2.14. The first-order valence-corrected chi connectivity index (χ1v) is 12.7. The molecule has 36 heavy (non-hydrogen) atoms. The maximum atomic E-state index is 12.3. The molecule has 3 N–H and O–H groups in total. The van der Waals surface area contributed by atoms with E-state index in [1.807, 2.05) is 31.2 Å². The molecular formula is C28H35N3O5.